The van der Waals surface area contributed by atoms with Crippen LogP contribution in [0.2, 0.25) is 0 Å². The Morgan fingerprint density at radius 1 is 0.969 bits per heavy atom. The van der Waals surface area contributed by atoms with Gasteiger partial charge in [-0.2, -0.15) is 0 Å². The Morgan fingerprint density at radius 2 is 1.66 bits per heavy atom. The first-order valence-corrected chi connectivity index (χ1v) is 12.5. The zero-order valence-electron chi connectivity index (χ0n) is 18.2. The van der Waals surface area contributed by atoms with Gasteiger partial charge in [0.05, 0.1) is 16.6 Å². The molecule has 0 aliphatic heterocycles. The van der Waals surface area contributed by atoms with Gasteiger partial charge < -0.3 is 5.32 Å². The second kappa shape index (κ2) is 9.57. The topological polar surface area (TPSA) is 66.5 Å². The maximum absolute atomic E-state index is 13.5. The molecular weight excluding hydrogens is 420 g/mol. The molecule has 0 heterocycles. The first-order valence-electron chi connectivity index (χ1n) is 11.0. The number of fused-ring (bicyclic) bond motifs is 1. The Bertz CT molecular complexity index is 1180. The van der Waals surface area contributed by atoms with Crippen LogP contribution in [-0.2, 0) is 27.7 Å². The molecule has 1 N–H and O–H groups in total. The zero-order valence-corrected chi connectivity index (χ0v) is 19.0. The molecule has 3 aromatic carbocycles. The molecule has 4 rings (SSSR count). The Labute approximate surface area is 190 Å². The highest BCUT2D eigenvalue weighted by Crippen LogP contribution is 2.30. The van der Waals surface area contributed by atoms with Crippen LogP contribution in [0.25, 0.3) is 0 Å². The molecule has 1 atom stereocenters. The Kier molecular flexibility index (Phi) is 6.61. The summed E-state index contributed by atoms with van der Waals surface area (Å²) in [6.07, 6.45) is 3.69. The lowest BCUT2D eigenvalue weighted by atomic mass is 9.88. The molecule has 1 aliphatic carbocycles. The SMILES string of the molecule is CCc1ccc(N(CC(=O)NC2CCCc3ccccc32)S(=O)(=O)c2ccccc2)cc1. The summed E-state index contributed by atoms with van der Waals surface area (Å²) in [6.45, 7) is 1.77. The van der Waals surface area contributed by atoms with E-state index in [0.717, 1.165) is 36.8 Å². The van der Waals surface area contributed by atoms with Gasteiger partial charge in [-0.15, -0.1) is 0 Å². The monoisotopic (exact) mass is 448 g/mol. The summed E-state index contributed by atoms with van der Waals surface area (Å²) in [6, 6.07) is 23.6. The number of benzene rings is 3. The van der Waals surface area contributed by atoms with Crippen LogP contribution in [0.4, 0.5) is 5.69 Å². The number of aryl methyl sites for hydroxylation is 2. The van der Waals surface area contributed by atoms with E-state index in [4.69, 9.17) is 0 Å². The maximum atomic E-state index is 13.5. The van der Waals surface area contributed by atoms with Crippen LogP contribution < -0.4 is 9.62 Å². The predicted octanol–water partition coefficient (Wildman–Crippen LogP) is 4.64. The fourth-order valence-electron chi connectivity index (χ4n) is 4.21. The van der Waals surface area contributed by atoms with Gasteiger partial charge in [-0.1, -0.05) is 61.5 Å². The number of hydrogen-bond acceptors (Lipinski definition) is 3. The van der Waals surface area contributed by atoms with Crippen molar-refractivity contribution in [3.63, 3.8) is 0 Å². The molecule has 1 aliphatic rings. The number of nitrogens with zero attached hydrogens (tertiary/aromatic N) is 1. The standard InChI is InChI=1S/C26H28N2O3S/c1-2-20-15-17-22(18-16-20)28(32(30,31)23-11-4-3-5-12-23)19-26(29)27-25-14-8-10-21-9-6-7-13-24(21)25/h3-7,9,11-13,15-18,25H,2,8,10,14,19H2,1H3,(H,27,29). The van der Waals surface area contributed by atoms with E-state index >= 15 is 0 Å². The number of carbonyl (C=O) groups is 1. The number of rotatable bonds is 7. The summed E-state index contributed by atoms with van der Waals surface area (Å²) >= 11 is 0. The second-order valence-electron chi connectivity index (χ2n) is 8.06. The van der Waals surface area contributed by atoms with Crippen LogP contribution in [0, 0.1) is 0 Å². The fraction of sp³-hybridized carbons (Fsp3) is 0.269. The average Bonchev–Trinajstić information content (AvgIpc) is 2.83. The summed E-state index contributed by atoms with van der Waals surface area (Å²) in [7, 11) is -3.90. The van der Waals surface area contributed by atoms with Gasteiger partial charge in [0.15, 0.2) is 0 Å². The van der Waals surface area contributed by atoms with Gasteiger partial charge in [-0.05, 0) is 66.6 Å². The van der Waals surface area contributed by atoms with Gasteiger partial charge in [0, 0.05) is 0 Å². The molecule has 1 amide bonds. The lowest BCUT2D eigenvalue weighted by Crippen LogP contribution is -2.42. The maximum Gasteiger partial charge on any atom is 0.264 e. The highest BCUT2D eigenvalue weighted by molar-refractivity contribution is 7.92. The smallest absolute Gasteiger partial charge is 0.264 e. The normalized spacial score (nSPS) is 15.6. The van der Waals surface area contributed by atoms with Crippen molar-refractivity contribution in [2.45, 2.75) is 43.5 Å². The van der Waals surface area contributed by atoms with Crippen LogP contribution in [-0.4, -0.2) is 20.9 Å². The van der Waals surface area contributed by atoms with Gasteiger partial charge in [0.2, 0.25) is 5.91 Å². The summed E-state index contributed by atoms with van der Waals surface area (Å²) in [5.74, 6) is -0.314. The number of anilines is 1. The van der Waals surface area contributed by atoms with Crippen molar-refractivity contribution in [2.24, 2.45) is 0 Å². The number of sulfonamides is 1. The third-order valence-corrected chi connectivity index (χ3v) is 7.74. The van der Waals surface area contributed by atoms with Gasteiger partial charge in [0.25, 0.3) is 10.0 Å². The Hall–Kier alpha value is -3.12. The molecule has 0 saturated heterocycles. The number of amides is 1. The molecule has 0 spiro atoms. The van der Waals surface area contributed by atoms with E-state index in [1.54, 1.807) is 42.5 Å². The minimum Gasteiger partial charge on any atom is -0.348 e. The largest absolute Gasteiger partial charge is 0.348 e. The van der Waals surface area contributed by atoms with Crippen LogP contribution in [0.5, 0.6) is 0 Å². The van der Waals surface area contributed by atoms with Crippen LogP contribution >= 0.6 is 0 Å². The lowest BCUT2D eigenvalue weighted by molar-refractivity contribution is -0.120. The van der Waals surface area contributed by atoms with E-state index in [1.165, 1.54) is 9.87 Å². The van der Waals surface area contributed by atoms with Gasteiger partial charge in [-0.25, -0.2) is 8.42 Å². The molecule has 6 heteroatoms. The summed E-state index contributed by atoms with van der Waals surface area (Å²) in [5, 5.41) is 3.08. The van der Waals surface area contributed by atoms with E-state index in [0.29, 0.717) is 5.69 Å². The van der Waals surface area contributed by atoms with Crippen molar-refractivity contribution in [1.82, 2.24) is 5.32 Å². The van der Waals surface area contributed by atoms with Gasteiger partial charge in [0.1, 0.15) is 6.54 Å². The fourth-order valence-corrected chi connectivity index (χ4v) is 5.65. The summed E-state index contributed by atoms with van der Waals surface area (Å²) < 4.78 is 28.1. The van der Waals surface area contributed by atoms with E-state index < -0.39 is 10.0 Å². The van der Waals surface area contributed by atoms with Crippen LogP contribution in [0.3, 0.4) is 0 Å². The molecule has 1 unspecified atom stereocenters. The average molecular weight is 449 g/mol. The first kappa shape index (κ1) is 22.1. The number of hydrogen-bond donors (Lipinski definition) is 1. The minimum absolute atomic E-state index is 0.101. The van der Waals surface area contributed by atoms with Crippen molar-refractivity contribution >= 4 is 21.6 Å². The van der Waals surface area contributed by atoms with Gasteiger partial charge in [-0.3, -0.25) is 9.10 Å². The molecule has 3 aromatic rings. The molecule has 0 aromatic heterocycles. The van der Waals surface area contributed by atoms with Gasteiger partial charge >= 0.3 is 0 Å². The number of nitrogens with one attached hydrogen (secondary N) is 1. The van der Waals surface area contributed by atoms with Crippen molar-refractivity contribution in [2.75, 3.05) is 10.8 Å². The highest BCUT2D eigenvalue weighted by Gasteiger charge is 2.29. The third kappa shape index (κ3) is 4.70. The summed E-state index contributed by atoms with van der Waals surface area (Å²) in [4.78, 5) is 13.3. The Balaban J connectivity index is 1.61. The molecular formula is C26H28N2O3S. The molecule has 0 bridgehead atoms. The second-order valence-corrected chi connectivity index (χ2v) is 9.92. The van der Waals surface area contributed by atoms with Crippen molar-refractivity contribution in [1.29, 1.82) is 0 Å². The quantitative estimate of drug-likeness (QED) is 0.573. The molecule has 0 saturated carbocycles. The minimum atomic E-state index is -3.90. The molecule has 32 heavy (non-hydrogen) atoms. The number of carbonyl (C=O) groups excluding carboxylic acids is 1. The third-order valence-electron chi connectivity index (χ3n) is 5.96. The van der Waals surface area contributed by atoms with Crippen LogP contribution in [0.15, 0.2) is 83.8 Å². The molecule has 5 nitrogen and oxygen atoms in total. The van der Waals surface area contributed by atoms with Crippen LogP contribution in [0.1, 0.15) is 42.5 Å². The van der Waals surface area contributed by atoms with E-state index in [1.807, 2.05) is 37.3 Å². The van der Waals surface area contributed by atoms with E-state index in [-0.39, 0.29) is 23.4 Å². The molecule has 166 valence electrons. The Morgan fingerprint density at radius 3 is 2.38 bits per heavy atom. The predicted molar refractivity (Wildman–Crippen MR) is 127 cm³/mol. The lowest BCUT2D eigenvalue weighted by Gasteiger charge is -2.29. The van der Waals surface area contributed by atoms with Crippen molar-refractivity contribution in [3.05, 3.63) is 95.6 Å². The van der Waals surface area contributed by atoms with E-state index in [9.17, 15) is 13.2 Å². The molecule has 0 radical (unpaired) electrons. The summed E-state index contributed by atoms with van der Waals surface area (Å²) in [5.41, 5.74) is 3.95. The first-order chi connectivity index (χ1) is 15.5. The molecule has 0 fully saturated rings. The van der Waals surface area contributed by atoms with Crippen molar-refractivity contribution < 1.29 is 13.2 Å². The highest BCUT2D eigenvalue weighted by atomic mass is 32.2. The van der Waals surface area contributed by atoms with E-state index in [2.05, 4.69) is 11.4 Å². The zero-order chi connectivity index (χ0) is 22.6. The van der Waals surface area contributed by atoms with Crippen molar-refractivity contribution in [3.8, 4) is 0 Å².